The van der Waals surface area contributed by atoms with E-state index in [1.807, 2.05) is 0 Å². The fourth-order valence-electron chi connectivity index (χ4n) is 3.61. The van der Waals surface area contributed by atoms with Crippen molar-refractivity contribution in [3.05, 3.63) is 0 Å². The highest BCUT2D eigenvalue weighted by atomic mass is 15.0. The zero-order valence-electron chi connectivity index (χ0n) is 6.51. The maximum absolute atomic E-state index is 3.63. The van der Waals surface area contributed by atoms with E-state index >= 15 is 0 Å². The van der Waals surface area contributed by atoms with Crippen molar-refractivity contribution in [2.45, 2.75) is 25.8 Å². The lowest BCUT2D eigenvalue weighted by Gasteiger charge is -2.14. The van der Waals surface area contributed by atoms with Gasteiger partial charge < -0.3 is 5.32 Å². The molecule has 0 aromatic heterocycles. The first kappa shape index (κ1) is 5.59. The van der Waals surface area contributed by atoms with Gasteiger partial charge in [-0.15, -0.1) is 0 Å². The third-order valence-corrected chi connectivity index (χ3v) is 3.91. The highest BCUT2D eigenvalue weighted by Crippen LogP contribution is 2.70. The molecule has 4 aliphatic carbocycles. The van der Waals surface area contributed by atoms with Gasteiger partial charge in [0.2, 0.25) is 0 Å². The SMILES string of the molecule is CCN[C@H]1C2CC3C1[C@H]3C2. The highest BCUT2D eigenvalue weighted by Gasteiger charge is 2.67. The Labute approximate surface area is 62.2 Å². The third-order valence-electron chi connectivity index (χ3n) is 3.91. The molecule has 1 nitrogen and oxygen atoms in total. The van der Waals surface area contributed by atoms with Gasteiger partial charge in [0.25, 0.3) is 0 Å². The number of hydrogen-bond acceptors (Lipinski definition) is 1. The Bertz CT molecular complexity index is 152. The van der Waals surface area contributed by atoms with E-state index in [1.54, 1.807) is 12.8 Å². The van der Waals surface area contributed by atoms with Crippen LogP contribution in [-0.2, 0) is 0 Å². The molecule has 56 valence electrons. The Balaban J connectivity index is 1.79. The molecule has 0 heterocycles. The Morgan fingerprint density at radius 2 is 2.00 bits per heavy atom. The first-order valence-electron chi connectivity index (χ1n) is 4.65. The number of rotatable bonds is 2. The van der Waals surface area contributed by atoms with E-state index < -0.39 is 0 Å². The van der Waals surface area contributed by atoms with Crippen molar-refractivity contribution >= 4 is 0 Å². The molecule has 0 spiro atoms. The van der Waals surface area contributed by atoms with E-state index in [-0.39, 0.29) is 0 Å². The molecule has 4 fully saturated rings. The van der Waals surface area contributed by atoms with E-state index in [2.05, 4.69) is 12.2 Å². The van der Waals surface area contributed by atoms with Gasteiger partial charge in [0.15, 0.2) is 0 Å². The predicted molar refractivity (Wildman–Crippen MR) is 40.7 cm³/mol. The van der Waals surface area contributed by atoms with Crippen LogP contribution in [0.3, 0.4) is 0 Å². The maximum atomic E-state index is 3.63. The quantitative estimate of drug-likeness (QED) is 0.604. The van der Waals surface area contributed by atoms with Gasteiger partial charge in [0, 0.05) is 6.04 Å². The molecule has 5 atom stereocenters. The van der Waals surface area contributed by atoms with Gasteiger partial charge in [-0.1, -0.05) is 6.92 Å². The van der Waals surface area contributed by atoms with Crippen LogP contribution in [0, 0.1) is 23.7 Å². The van der Waals surface area contributed by atoms with Crippen LogP contribution >= 0.6 is 0 Å². The minimum atomic E-state index is 0.944. The predicted octanol–water partition coefficient (Wildman–Crippen LogP) is 1.25. The van der Waals surface area contributed by atoms with Gasteiger partial charge >= 0.3 is 0 Å². The summed E-state index contributed by atoms with van der Waals surface area (Å²) in [7, 11) is 0. The zero-order chi connectivity index (χ0) is 6.72. The second kappa shape index (κ2) is 1.58. The van der Waals surface area contributed by atoms with Gasteiger partial charge in [-0.05, 0) is 43.1 Å². The van der Waals surface area contributed by atoms with Crippen molar-refractivity contribution in [1.29, 1.82) is 0 Å². The lowest BCUT2D eigenvalue weighted by Crippen LogP contribution is -2.31. The molecule has 4 aliphatic rings. The summed E-state index contributed by atoms with van der Waals surface area (Å²) in [6.07, 6.45) is 3.12. The first-order chi connectivity index (χ1) is 4.92. The van der Waals surface area contributed by atoms with Gasteiger partial charge in [-0.3, -0.25) is 0 Å². The average Bonchev–Trinajstić information content (AvgIpc) is 2.38. The molecule has 0 amide bonds. The summed E-state index contributed by atoms with van der Waals surface area (Å²) in [5.41, 5.74) is 0. The largest absolute Gasteiger partial charge is 0.314 e. The molecular formula is C9H15N. The molecule has 1 N–H and O–H groups in total. The number of nitrogens with one attached hydrogen (secondary N) is 1. The van der Waals surface area contributed by atoms with Crippen LogP contribution in [-0.4, -0.2) is 12.6 Å². The van der Waals surface area contributed by atoms with E-state index in [0.29, 0.717) is 0 Å². The van der Waals surface area contributed by atoms with Crippen molar-refractivity contribution in [1.82, 2.24) is 5.32 Å². The minimum absolute atomic E-state index is 0.944. The summed E-state index contributed by atoms with van der Waals surface area (Å²) in [4.78, 5) is 0. The van der Waals surface area contributed by atoms with E-state index in [1.165, 1.54) is 18.4 Å². The van der Waals surface area contributed by atoms with Crippen LogP contribution in [0.15, 0.2) is 0 Å². The molecule has 4 rings (SSSR count). The van der Waals surface area contributed by atoms with Crippen molar-refractivity contribution in [3.63, 3.8) is 0 Å². The van der Waals surface area contributed by atoms with Gasteiger partial charge in [0.05, 0.1) is 0 Å². The van der Waals surface area contributed by atoms with Gasteiger partial charge in [-0.25, -0.2) is 0 Å². The lowest BCUT2D eigenvalue weighted by atomic mass is 10.1. The zero-order valence-corrected chi connectivity index (χ0v) is 6.51. The van der Waals surface area contributed by atoms with E-state index in [4.69, 9.17) is 0 Å². The van der Waals surface area contributed by atoms with Crippen LogP contribution in [0.25, 0.3) is 0 Å². The summed E-state index contributed by atoms with van der Waals surface area (Å²) < 4.78 is 0. The molecule has 0 saturated heterocycles. The molecule has 1 heteroatoms. The van der Waals surface area contributed by atoms with Crippen LogP contribution in [0.5, 0.6) is 0 Å². The smallest absolute Gasteiger partial charge is 0.0129 e. The summed E-state index contributed by atoms with van der Waals surface area (Å²) in [6, 6.07) is 0.944. The maximum Gasteiger partial charge on any atom is 0.0129 e. The van der Waals surface area contributed by atoms with Crippen molar-refractivity contribution < 1.29 is 0 Å². The molecule has 3 unspecified atom stereocenters. The molecule has 0 aliphatic heterocycles. The van der Waals surface area contributed by atoms with Crippen LogP contribution < -0.4 is 5.32 Å². The van der Waals surface area contributed by atoms with Crippen molar-refractivity contribution in [3.8, 4) is 0 Å². The van der Waals surface area contributed by atoms with Crippen molar-refractivity contribution in [2.24, 2.45) is 23.7 Å². The monoisotopic (exact) mass is 137 g/mol. The van der Waals surface area contributed by atoms with E-state index in [0.717, 1.165) is 17.9 Å². The average molecular weight is 137 g/mol. The van der Waals surface area contributed by atoms with Crippen LogP contribution in [0.4, 0.5) is 0 Å². The normalized spacial score (nSPS) is 61.5. The summed E-state index contributed by atoms with van der Waals surface area (Å²) >= 11 is 0. The summed E-state index contributed by atoms with van der Waals surface area (Å²) in [6.45, 7) is 3.41. The molecule has 10 heavy (non-hydrogen) atoms. The first-order valence-corrected chi connectivity index (χ1v) is 4.65. The van der Waals surface area contributed by atoms with E-state index in [9.17, 15) is 0 Å². The van der Waals surface area contributed by atoms with Crippen LogP contribution in [0.2, 0.25) is 0 Å². The Kier molecular flexibility index (Phi) is 0.883. The molecule has 0 radical (unpaired) electrons. The number of hydrogen-bond donors (Lipinski definition) is 1. The van der Waals surface area contributed by atoms with Crippen LogP contribution in [0.1, 0.15) is 19.8 Å². The second-order valence-electron chi connectivity index (χ2n) is 4.22. The Hall–Kier alpha value is -0.0400. The van der Waals surface area contributed by atoms with Crippen molar-refractivity contribution in [2.75, 3.05) is 6.54 Å². The van der Waals surface area contributed by atoms with Gasteiger partial charge in [-0.2, -0.15) is 0 Å². The second-order valence-corrected chi connectivity index (χ2v) is 4.22. The fourth-order valence-corrected chi connectivity index (χ4v) is 3.61. The molecule has 4 bridgehead atoms. The molecule has 4 saturated carbocycles. The Morgan fingerprint density at radius 3 is 2.40 bits per heavy atom. The minimum Gasteiger partial charge on any atom is -0.314 e. The lowest BCUT2D eigenvalue weighted by molar-refractivity contribution is 0.432. The molecular weight excluding hydrogens is 122 g/mol. The molecule has 0 aromatic rings. The van der Waals surface area contributed by atoms with Gasteiger partial charge in [0.1, 0.15) is 0 Å². The third kappa shape index (κ3) is 0.460. The topological polar surface area (TPSA) is 12.0 Å². The summed E-state index contributed by atoms with van der Waals surface area (Å²) in [5, 5.41) is 3.63. The fraction of sp³-hybridized carbons (Fsp3) is 1.00. The standard InChI is InChI=1S/C9H15N/c1-2-10-9-5-3-6-7(4-5)8(6)9/h5-10H,2-4H2,1H3/t5?,6-,7?,8?,9-/m0/s1. The summed E-state index contributed by atoms with van der Waals surface area (Å²) in [5.74, 6) is 4.56. The Morgan fingerprint density at radius 1 is 1.30 bits per heavy atom. The highest BCUT2D eigenvalue weighted by molar-refractivity contribution is 5.19. The molecule has 0 aromatic carbocycles.